The molecule has 6 N–H and O–H groups in total. The van der Waals surface area contributed by atoms with E-state index in [1.165, 1.54) is 0 Å². The molecule has 0 saturated heterocycles. The molecule has 0 fully saturated rings. The Labute approximate surface area is 176 Å². The van der Waals surface area contributed by atoms with Crippen molar-refractivity contribution in [2.45, 2.75) is 6.42 Å². The Morgan fingerprint density at radius 2 is 1.68 bits per heavy atom. The Bertz CT molecular complexity index is 1390. The molecule has 0 bridgehead atoms. The van der Waals surface area contributed by atoms with Gasteiger partial charge in [0.2, 0.25) is 5.91 Å². The number of fused-ring (bicyclic) bond motifs is 1. The molecular weight excluding hydrogens is 396 g/mol. The SMILES string of the molecule is NC(=O)c1ccc(-c2cccc(Cc3ccc4[nH]c(=O)c(O)c(C(N)=O)c4n3)c2)cc1. The fourth-order valence-electron chi connectivity index (χ4n) is 3.43. The number of carbonyl (C=O) groups is 2. The fraction of sp³-hybridized carbons (Fsp3) is 0.0435. The highest BCUT2D eigenvalue weighted by molar-refractivity contribution is 6.06. The van der Waals surface area contributed by atoms with Gasteiger partial charge in [-0.25, -0.2) is 4.98 Å². The molecule has 4 rings (SSSR count). The molecule has 2 heterocycles. The number of nitrogens with two attached hydrogens (primary N) is 2. The number of nitrogens with one attached hydrogen (secondary N) is 1. The van der Waals surface area contributed by atoms with Crippen molar-refractivity contribution in [3.63, 3.8) is 0 Å². The summed E-state index contributed by atoms with van der Waals surface area (Å²) in [4.78, 5) is 41.7. The van der Waals surface area contributed by atoms with E-state index in [9.17, 15) is 19.5 Å². The number of aromatic nitrogens is 2. The summed E-state index contributed by atoms with van der Waals surface area (Å²) in [7, 11) is 0. The number of carbonyl (C=O) groups excluding carboxylic acids is 2. The van der Waals surface area contributed by atoms with Gasteiger partial charge in [-0.1, -0.05) is 36.4 Å². The van der Waals surface area contributed by atoms with Crippen molar-refractivity contribution in [2.75, 3.05) is 0 Å². The first-order valence-electron chi connectivity index (χ1n) is 9.37. The zero-order chi connectivity index (χ0) is 22.1. The third-order valence-electron chi connectivity index (χ3n) is 4.95. The predicted octanol–water partition coefficient (Wildman–Crippen LogP) is 2.08. The number of nitrogens with zero attached hydrogens (tertiary/aromatic N) is 1. The maximum Gasteiger partial charge on any atom is 0.291 e. The molecule has 2 aromatic carbocycles. The molecule has 0 radical (unpaired) electrons. The molecule has 0 unspecified atom stereocenters. The van der Waals surface area contributed by atoms with Crippen molar-refractivity contribution in [2.24, 2.45) is 11.5 Å². The van der Waals surface area contributed by atoms with E-state index in [0.29, 0.717) is 23.2 Å². The van der Waals surface area contributed by atoms with Crippen molar-refractivity contribution >= 4 is 22.8 Å². The first-order valence-corrected chi connectivity index (χ1v) is 9.37. The van der Waals surface area contributed by atoms with Gasteiger partial charge in [-0.15, -0.1) is 0 Å². The molecule has 0 aliphatic carbocycles. The molecule has 4 aromatic rings. The Balaban J connectivity index is 1.69. The summed E-state index contributed by atoms with van der Waals surface area (Å²) in [5.41, 5.74) is 13.9. The number of primary amides is 2. The molecule has 31 heavy (non-hydrogen) atoms. The van der Waals surface area contributed by atoms with Crippen molar-refractivity contribution in [3.8, 4) is 16.9 Å². The Hall–Kier alpha value is -4.46. The van der Waals surface area contributed by atoms with Gasteiger partial charge in [0, 0.05) is 17.7 Å². The summed E-state index contributed by atoms with van der Waals surface area (Å²) in [5, 5.41) is 9.95. The van der Waals surface area contributed by atoms with Crippen LogP contribution in [0.3, 0.4) is 0 Å². The first-order chi connectivity index (χ1) is 14.8. The lowest BCUT2D eigenvalue weighted by Crippen LogP contribution is -2.18. The lowest BCUT2D eigenvalue weighted by Gasteiger charge is -2.09. The number of rotatable bonds is 5. The first kappa shape index (κ1) is 19.8. The van der Waals surface area contributed by atoms with Crippen LogP contribution in [0.1, 0.15) is 32.0 Å². The van der Waals surface area contributed by atoms with Gasteiger partial charge in [0.25, 0.3) is 11.5 Å². The van der Waals surface area contributed by atoms with E-state index in [-0.39, 0.29) is 11.1 Å². The maximum atomic E-state index is 11.8. The molecule has 154 valence electrons. The maximum absolute atomic E-state index is 11.8. The Kier molecular flexibility index (Phi) is 4.96. The van der Waals surface area contributed by atoms with Gasteiger partial charge < -0.3 is 21.6 Å². The normalized spacial score (nSPS) is 10.8. The average Bonchev–Trinajstić information content (AvgIpc) is 2.75. The second-order valence-corrected chi connectivity index (χ2v) is 7.06. The van der Waals surface area contributed by atoms with E-state index in [2.05, 4.69) is 9.97 Å². The van der Waals surface area contributed by atoms with E-state index in [0.717, 1.165) is 16.7 Å². The van der Waals surface area contributed by atoms with Crippen molar-refractivity contribution in [1.82, 2.24) is 9.97 Å². The highest BCUT2D eigenvalue weighted by Crippen LogP contribution is 2.24. The molecular formula is C23H18N4O4. The second kappa shape index (κ2) is 7.75. The van der Waals surface area contributed by atoms with Crippen LogP contribution in [-0.4, -0.2) is 26.9 Å². The number of aromatic amines is 1. The smallest absolute Gasteiger partial charge is 0.291 e. The molecule has 0 aliphatic heterocycles. The molecule has 2 aromatic heterocycles. The van der Waals surface area contributed by atoms with Crippen molar-refractivity contribution < 1.29 is 14.7 Å². The summed E-state index contributed by atoms with van der Waals surface area (Å²) in [5.74, 6) is -2.16. The van der Waals surface area contributed by atoms with Crippen LogP contribution in [0.25, 0.3) is 22.2 Å². The molecule has 0 aliphatic rings. The van der Waals surface area contributed by atoms with Crippen LogP contribution in [0, 0.1) is 0 Å². The largest absolute Gasteiger partial charge is 0.502 e. The van der Waals surface area contributed by atoms with Crippen LogP contribution in [0.4, 0.5) is 0 Å². The number of H-pyrrole nitrogens is 1. The van der Waals surface area contributed by atoms with Crippen molar-refractivity contribution in [3.05, 3.63) is 93.4 Å². The van der Waals surface area contributed by atoms with E-state index < -0.39 is 23.1 Å². The highest BCUT2D eigenvalue weighted by Gasteiger charge is 2.18. The second-order valence-electron chi connectivity index (χ2n) is 7.06. The monoisotopic (exact) mass is 414 g/mol. The van der Waals surface area contributed by atoms with Crippen LogP contribution < -0.4 is 17.0 Å². The zero-order valence-corrected chi connectivity index (χ0v) is 16.3. The van der Waals surface area contributed by atoms with Crippen LogP contribution in [0.2, 0.25) is 0 Å². The van der Waals surface area contributed by atoms with Crippen LogP contribution in [0.5, 0.6) is 5.75 Å². The van der Waals surface area contributed by atoms with Crippen LogP contribution in [-0.2, 0) is 6.42 Å². The topological polar surface area (TPSA) is 152 Å². The third-order valence-corrected chi connectivity index (χ3v) is 4.95. The summed E-state index contributed by atoms with van der Waals surface area (Å²) in [6, 6.07) is 18.1. The average molecular weight is 414 g/mol. The summed E-state index contributed by atoms with van der Waals surface area (Å²) in [6.45, 7) is 0. The van der Waals surface area contributed by atoms with E-state index in [1.807, 2.05) is 36.4 Å². The van der Waals surface area contributed by atoms with Gasteiger partial charge in [-0.2, -0.15) is 0 Å². The molecule has 2 amide bonds. The van der Waals surface area contributed by atoms with Crippen molar-refractivity contribution in [1.29, 1.82) is 0 Å². The number of hydrogen-bond donors (Lipinski definition) is 4. The Morgan fingerprint density at radius 3 is 2.35 bits per heavy atom. The molecule has 0 atom stereocenters. The minimum atomic E-state index is -0.931. The minimum absolute atomic E-state index is 0.139. The molecule has 0 spiro atoms. The van der Waals surface area contributed by atoms with Crippen LogP contribution in [0.15, 0.2) is 65.5 Å². The predicted molar refractivity (Wildman–Crippen MR) is 116 cm³/mol. The zero-order valence-electron chi connectivity index (χ0n) is 16.3. The third kappa shape index (κ3) is 3.86. The minimum Gasteiger partial charge on any atom is -0.502 e. The fourth-order valence-corrected chi connectivity index (χ4v) is 3.43. The number of benzene rings is 2. The lowest BCUT2D eigenvalue weighted by molar-refractivity contribution is 0.0991. The van der Waals surface area contributed by atoms with E-state index in [1.54, 1.807) is 24.3 Å². The van der Waals surface area contributed by atoms with Gasteiger partial charge in [-0.3, -0.25) is 14.4 Å². The van der Waals surface area contributed by atoms with Gasteiger partial charge >= 0.3 is 0 Å². The number of amides is 2. The summed E-state index contributed by atoms with van der Waals surface area (Å²) >= 11 is 0. The summed E-state index contributed by atoms with van der Waals surface area (Å²) < 4.78 is 0. The van der Waals surface area contributed by atoms with Gasteiger partial charge in [0.15, 0.2) is 5.75 Å². The van der Waals surface area contributed by atoms with Gasteiger partial charge in [0.05, 0.1) is 5.52 Å². The van der Waals surface area contributed by atoms with E-state index >= 15 is 0 Å². The number of hydrogen-bond acceptors (Lipinski definition) is 5. The van der Waals surface area contributed by atoms with Gasteiger partial charge in [0.1, 0.15) is 11.1 Å². The quantitative estimate of drug-likeness (QED) is 0.394. The molecule has 8 nitrogen and oxygen atoms in total. The standard InChI is InChI=1S/C23H18N4O4/c24-21(29)14-6-4-13(5-7-14)15-3-1-2-12(10-15)11-16-8-9-17-19(26-16)18(22(25)30)20(28)23(31)27-17/h1-10,28H,11H2,(H2,24,29)(H2,25,30)(H,27,31). The Morgan fingerprint density at radius 1 is 0.935 bits per heavy atom. The lowest BCUT2D eigenvalue weighted by atomic mass is 9.99. The molecule has 0 saturated carbocycles. The van der Waals surface area contributed by atoms with Gasteiger partial charge in [-0.05, 0) is 41.0 Å². The highest BCUT2D eigenvalue weighted by atomic mass is 16.3. The number of pyridine rings is 2. The summed E-state index contributed by atoms with van der Waals surface area (Å²) in [6.07, 6.45) is 0.446. The number of aromatic hydroxyl groups is 1. The molecule has 8 heteroatoms. The van der Waals surface area contributed by atoms with Crippen LogP contribution >= 0.6 is 0 Å². The van der Waals surface area contributed by atoms with E-state index in [4.69, 9.17) is 11.5 Å².